The first kappa shape index (κ1) is 45.8. The van der Waals surface area contributed by atoms with Crippen LogP contribution in [0.3, 0.4) is 0 Å². The summed E-state index contributed by atoms with van der Waals surface area (Å²) in [6, 6.07) is 91.8. The second-order valence-electron chi connectivity index (χ2n) is 22.2. The fraction of sp³-hybridized carbons (Fsp3) is 0.113. The van der Waals surface area contributed by atoms with Crippen LogP contribution >= 0.6 is 0 Å². The van der Waals surface area contributed by atoms with Crippen molar-refractivity contribution in [2.75, 3.05) is 4.90 Å². The number of nitrogens with zero attached hydrogens (tertiary/aromatic N) is 7. The van der Waals surface area contributed by atoms with Gasteiger partial charge in [0, 0.05) is 65.7 Å². The molecule has 8 heteroatoms. The topological polar surface area (TPSA) is 56.7 Å². The van der Waals surface area contributed by atoms with Gasteiger partial charge >= 0.3 is 0 Å². The Morgan fingerprint density at radius 2 is 0.861 bits per heavy atom. The summed E-state index contributed by atoms with van der Waals surface area (Å²) in [5.74, 6) is 1.91. The molecule has 0 radical (unpaired) electrons. The van der Waals surface area contributed by atoms with E-state index in [1.165, 1.54) is 76.8 Å². The number of rotatable bonds is 8. The number of benzene rings is 10. The van der Waals surface area contributed by atoms with Crippen LogP contribution in [-0.2, 0) is 5.41 Å². The Balaban J connectivity index is 0.973. The lowest BCUT2D eigenvalue weighted by Crippen LogP contribution is -2.72. The lowest BCUT2D eigenvalue weighted by Gasteiger charge is -2.49. The van der Waals surface area contributed by atoms with Crippen molar-refractivity contribution in [3.8, 4) is 23.0 Å². The Bertz CT molecular complexity index is 4600. The van der Waals surface area contributed by atoms with Crippen molar-refractivity contribution in [1.29, 1.82) is 0 Å². The third kappa shape index (κ3) is 6.43. The molecule has 2 unspecified atom stereocenters. The quantitative estimate of drug-likeness (QED) is 0.112. The highest BCUT2D eigenvalue weighted by Gasteiger charge is 2.58. The summed E-state index contributed by atoms with van der Waals surface area (Å²) >= 11 is 0. The van der Waals surface area contributed by atoms with E-state index in [0.29, 0.717) is 17.7 Å². The summed E-state index contributed by atoms with van der Waals surface area (Å²) in [5.41, 5.74) is 11.1. The Hall–Kier alpha value is -9.37. The maximum absolute atomic E-state index is 5.73. The Morgan fingerprint density at radius 1 is 0.380 bits per heavy atom. The lowest BCUT2D eigenvalue weighted by molar-refractivity contribution is 0.193. The standard InChI is InChI=1S/C71H55N7Si/c1-70-44-21-22-45-71(70,2)77(66-41-20-14-35-59(66)70)69-73-67(72-68(74-69)76-62-38-17-11-32-55(62)56-33-12-18-39-63(56)76)48-24-23-29-52(46-48)79(50-25-5-3-6-26-50,51-27-7-4-8-28-51)78-64-40-19-13-34-57(64)58-47-49(42-43-65(58)78)75-60-36-15-9-30-53(60)54-31-10-16-37-61(54)75/h3-20,23-43,46-47H,21-22,44-45H2,1-2H3. The van der Waals surface area contributed by atoms with Gasteiger partial charge in [-0.15, -0.1) is 0 Å². The molecule has 10 aromatic carbocycles. The van der Waals surface area contributed by atoms with Gasteiger partial charge in [-0.25, -0.2) is 0 Å². The van der Waals surface area contributed by atoms with Crippen LogP contribution in [0.4, 0.5) is 11.6 Å². The largest absolute Gasteiger partial charge is 0.355 e. The van der Waals surface area contributed by atoms with Crippen molar-refractivity contribution in [1.82, 2.24) is 28.3 Å². The van der Waals surface area contributed by atoms with Gasteiger partial charge in [-0.3, -0.25) is 4.57 Å². The number of hydrogen-bond acceptors (Lipinski definition) is 4. The van der Waals surface area contributed by atoms with E-state index in [2.05, 4.69) is 281 Å². The maximum Gasteiger partial charge on any atom is 0.257 e. The summed E-state index contributed by atoms with van der Waals surface area (Å²) in [7, 11) is -3.36. The molecule has 0 bridgehead atoms. The molecular weight excluding hydrogens is 979 g/mol. The van der Waals surface area contributed by atoms with E-state index in [4.69, 9.17) is 15.0 Å². The van der Waals surface area contributed by atoms with E-state index in [9.17, 15) is 0 Å². The average Bonchev–Trinajstić information content (AvgIpc) is 4.19. The van der Waals surface area contributed by atoms with Gasteiger partial charge in [-0.2, -0.15) is 15.0 Å². The van der Waals surface area contributed by atoms with E-state index in [1.807, 2.05) is 0 Å². The molecule has 14 aromatic rings. The zero-order valence-electron chi connectivity index (χ0n) is 44.1. The van der Waals surface area contributed by atoms with Crippen LogP contribution < -0.4 is 20.5 Å². The van der Waals surface area contributed by atoms with E-state index < -0.39 is 8.24 Å². The number of hydrogen-bond donors (Lipinski definition) is 0. The van der Waals surface area contributed by atoms with Gasteiger partial charge in [0.1, 0.15) is 0 Å². The predicted octanol–water partition coefficient (Wildman–Crippen LogP) is 15.1. The minimum Gasteiger partial charge on any atom is -0.355 e. The number of anilines is 2. The molecule has 2 atom stereocenters. The summed E-state index contributed by atoms with van der Waals surface area (Å²) in [5, 5.41) is 11.0. The van der Waals surface area contributed by atoms with Crippen LogP contribution in [0.1, 0.15) is 45.1 Å². The van der Waals surface area contributed by atoms with Crippen molar-refractivity contribution in [2.45, 2.75) is 50.5 Å². The smallest absolute Gasteiger partial charge is 0.257 e. The molecule has 1 aliphatic carbocycles. The SMILES string of the molecule is CC12CCCCC1(C)N(c1nc(-c3cccc([Si](c4ccccc4)(c4ccccc4)n4c5ccccc5c5cc(-n6c7ccccc7c7ccccc76)ccc54)c3)nc(-n3c4ccccc4c4ccccc43)n1)c1ccccc12. The molecule has 1 aliphatic heterocycles. The highest BCUT2D eigenvalue weighted by Crippen LogP contribution is 2.60. The highest BCUT2D eigenvalue weighted by atomic mass is 28.3. The Kier molecular flexibility index (Phi) is 10.0. The first-order chi connectivity index (χ1) is 38.9. The molecule has 0 saturated heterocycles. The van der Waals surface area contributed by atoms with Gasteiger partial charge in [-0.05, 0) is 102 Å². The van der Waals surface area contributed by atoms with Crippen LogP contribution in [0.25, 0.3) is 88.4 Å². The van der Waals surface area contributed by atoms with Gasteiger partial charge in [0.15, 0.2) is 5.82 Å². The molecule has 79 heavy (non-hydrogen) atoms. The molecular formula is C71H55N7Si. The zero-order chi connectivity index (χ0) is 52.5. The normalized spacial score (nSPS) is 17.4. The fourth-order valence-corrected chi connectivity index (χ4v) is 19.6. The zero-order valence-corrected chi connectivity index (χ0v) is 45.1. The maximum atomic E-state index is 5.73. The molecule has 4 aromatic heterocycles. The van der Waals surface area contributed by atoms with Crippen LogP contribution in [0.5, 0.6) is 0 Å². The number of fused-ring (bicyclic) bond motifs is 12. The molecule has 378 valence electrons. The molecule has 0 spiro atoms. The van der Waals surface area contributed by atoms with E-state index in [-0.39, 0.29) is 11.0 Å². The van der Waals surface area contributed by atoms with Gasteiger partial charge < -0.3 is 13.7 Å². The van der Waals surface area contributed by atoms with Gasteiger partial charge in [0.05, 0.1) is 27.6 Å². The molecule has 7 nitrogen and oxygen atoms in total. The number of para-hydroxylation sites is 6. The van der Waals surface area contributed by atoms with Crippen molar-refractivity contribution >= 4 is 101 Å². The highest BCUT2D eigenvalue weighted by molar-refractivity contribution is 7.11. The van der Waals surface area contributed by atoms with Crippen molar-refractivity contribution in [3.63, 3.8) is 0 Å². The molecule has 16 rings (SSSR count). The van der Waals surface area contributed by atoms with Gasteiger partial charge in [-0.1, -0.05) is 208 Å². The molecule has 0 amide bonds. The monoisotopic (exact) mass is 1030 g/mol. The second kappa shape index (κ2) is 17.3. The van der Waals surface area contributed by atoms with E-state index in [1.54, 1.807) is 0 Å². The molecule has 2 aliphatic rings. The van der Waals surface area contributed by atoms with Gasteiger partial charge in [0.25, 0.3) is 8.24 Å². The summed E-state index contributed by atoms with van der Waals surface area (Å²) in [6.45, 7) is 4.93. The van der Waals surface area contributed by atoms with Crippen LogP contribution in [0.2, 0.25) is 0 Å². The summed E-state index contributed by atoms with van der Waals surface area (Å²) in [4.78, 5) is 19.5. The first-order valence-corrected chi connectivity index (χ1v) is 29.8. The van der Waals surface area contributed by atoms with Crippen molar-refractivity contribution in [2.24, 2.45) is 0 Å². The second-order valence-corrected chi connectivity index (χ2v) is 25.8. The molecule has 1 fully saturated rings. The summed E-state index contributed by atoms with van der Waals surface area (Å²) < 4.78 is 7.43. The Labute approximate surface area is 459 Å². The predicted molar refractivity (Wildman–Crippen MR) is 329 cm³/mol. The average molecular weight is 1030 g/mol. The van der Waals surface area contributed by atoms with Crippen LogP contribution in [0.15, 0.2) is 249 Å². The lowest BCUT2D eigenvalue weighted by atomic mass is 9.61. The minimum absolute atomic E-state index is 0.0926. The summed E-state index contributed by atoms with van der Waals surface area (Å²) in [6.07, 6.45) is 4.47. The Morgan fingerprint density at radius 3 is 1.48 bits per heavy atom. The fourth-order valence-electron chi connectivity index (χ4n) is 14.6. The molecule has 1 saturated carbocycles. The third-order valence-electron chi connectivity index (χ3n) is 18.4. The molecule has 5 heterocycles. The van der Waals surface area contributed by atoms with Gasteiger partial charge in [0.2, 0.25) is 11.9 Å². The van der Waals surface area contributed by atoms with Crippen LogP contribution in [0, 0.1) is 0 Å². The van der Waals surface area contributed by atoms with E-state index in [0.717, 1.165) is 52.3 Å². The third-order valence-corrected chi connectivity index (χ3v) is 23.0. The first-order valence-electron chi connectivity index (χ1n) is 27.8. The van der Waals surface area contributed by atoms with Crippen molar-refractivity contribution < 1.29 is 0 Å². The van der Waals surface area contributed by atoms with Crippen LogP contribution in [-0.4, -0.2) is 42.1 Å². The molecule has 0 N–H and O–H groups in total. The van der Waals surface area contributed by atoms with E-state index >= 15 is 0 Å². The number of aromatic nitrogens is 6. The van der Waals surface area contributed by atoms with Crippen molar-refractivity contribution in [3.05, 3.63) is 254 Å². The minimum atomic E-state index is -3.36.